The second-order valence-corrected chi connectivity index (χ2v) is 5.75. The van der Waals surface area contributed by atoms with Crippen LogP contribution in [0.5, 0.6) is 5.75 Å². The minimum Gasteiger partial charge on any atom is -0.490 e. The van der Waals surface area contributed by atoms with Gasteiger partial charge in [-0.25, -0.2) is 15.0 Å². The third-order valence-corrected chi connectivity index (χ3v) is 4.03. The van der Waals surface area contributed by atoms with E-state index in [1.807, 2.05) is 18.5 Å². The molecule has 0 radical (unpaired) electrons. The van der Waals surface area contributed by atoms with Gasteiger partial charge < -0.3 is 9.64 Å². The van der Waals surface area contributed by atoms with Crippen molar-refractivity contribution in [1.29, 1.82) is 0 Å². The van der Waals surface area contributed by atoms with E-state index >= 15 is 0 Å². The summed E-state index contributed by atoms with van der Waals surface area (Å²) in [5.74, 6) is 1.59. The van der Waals surface area contributed by atoms with Crippen LogP contribution in [0, 0.1) is 0 Å². The van der Waals surface area contributed by atoms with Crippen LogP contribution in [0.15, 0.2) is 30.7 Å². The summed E-state index contributed by atoms with van der Waals surface area (Å²) in [5, 5.41) is 0.458. The Bertz CT molecular complexity index is 612. The first kappa shape index (κ1) is 15.0. The van der Waals surface area contributed by atoms with Gasteiger partial charge in [-0.3, -0.25) is 0 Å². The van der Waals surface area contributed by atoms with E-state index in [9.17, 15) is 0 Å². The van der Waals surface area contributed by atoms with Crippen molar-refractivity contribution >= 4 is 17.5 Å². The molecule has 3 heterocycles. The Hall–Kier alpha value is -1.88. The van der Waals surface area contributed by atoms with Crippen molar-refractivity contribution in [3.8, 4) is 5.75 Å². The Morgan fingerprint density at radius 2 is 1.95 bits per heavy atom. The first-order chi connectivity index (χ1) is 10.7. The van der Waals surface area contributed by atoms with E-state index < -0.39 is 0 Å². The number of nitrogens with zero attached hydrogens (tertiary/aromatic N) is 4. The van der Waals surface area contributed by atoms with E-state index in [0.717, 1.165) is 49.6 Å². The number of piperidine rings is 1. The highest BCUT2D eigenvalue weighted by atomic mass is 35.5. The maximum Gasteiger partial charge on any atom is 0.225 e. The van der Waals surface area contributed by atoms with Gasteiger partial charge in [0.15, 0.2) is 0 Å². The van der Waals surface area contributed by atoms with Crippen LogP contribution in [0.4, 0.5) is 5.95 Å². The number of aryl methyl sites for hydroxylation is 1. The number of hydrogen-bond acceptors (Lipinski definition) is 5. The van der Waals surface area contributed by atoms with Gasteiger partial charge in [0, 0.05) is 50.6 Å². The second kappa shape index (κ2) is 6.92. The van der Waals surface area contributed by atoms with Gasteiger partial charge in [-0.05, 0) is 18.1 Å². The quantitative estimate of drug-likeness (QED) is 0.811. The van der Waals surface area contributed by atoms with Gasteiger partial charge in [0.2, 0.25) is 5.95 Å². The molecule has 0 aromatic carbocycles. The van der Waals surface area contributed by atoms with Gasteiger partial charge in [0.05, 0.1) is 0 Å². The minimum absolute atomic E-state index is 0.199. The Balaban J connectivity index is 1.55. The van der Waals surface area contributed by atoms with E-state index in [4.69, 9.17) is 16.3 Å². The van der Waals surface area contributed by atoms with Crippen LogP contribution >= 0.6 is 11.6 Å². The predicted octanol–water partition coefficient (Wildman–Crippen LogP) is 3.14. The van der Waals surface area contributed by atoms with Crippen LogP contribution in [-0.4, -0.2) is 34.1 Å². The molecular formula is C16H19ClN4O. The molecule has 0 N–H and O–H groups in total. The predicted molar refractivity (Wildman–Crippen MR) is 86.5 cm³/mol. The molecule has 1 saturated heterocycles. The number of ether oxygens (including phenoxy) is 1. The fourth-order valence-corrected chi connectivity index (χ4v) is 2.68. The number of pyridine rings is 1. The summed E-state index contributed by atoms with van der Waals surface area (Å²) in [6.45, 7) is 3.90. The lowest BCUT2D eigenvalue weighted by Gasteiger charge is -2.32. The summed E-state index contributed by atoms with van der Waals surface area (Å²) in [6.07, 6.45) is 8.52. The van der Waals surface area contributed by atoms with Crippen molar-refractivity contribution in [2.75, 3.05) is 18.0 Å². The van der Waals surface area contributed by atoms with Crippen molar-refractivity contribution in [3.63, 3.8) is 0 Å². The highest BCUT2D eigenvalue weighted by Crippen LogP contribution is 2.22. The van der Waals surface area contributed by atoms with Gasteiger partial charge in [0.1, 0.15) is 17.0 Å². The molecule has 22 heavy (non-hydrogen) atoms. The Labute approximate surface area is 135 Å². The molecule has 2 aromatic heterocycles. The van der Waals surface area contributed by atoms with Crippen molar-refractivity contribution < 1.29 is 4.74 Å². The maximum atomic E-state index is 5.96. The molecule has 2 aromatic rings. The minimum atomic E-state index is 0.199. The van der Waals surface area contributed by atoms with Crippen molar-refractivity contribution in [1.82, 2.24) is 15.0 Å². The largest absolute Gasteiger partial charge is 0.490 e. The van der Waals surface area contributed by atoms with E-state index in [1.165, 1.54) is 0 Å². The summed E-state index contributed by atoms with van der Waals surface area (Å²) >= 11 is 5.87. The zero-order valence-electron chi connectivity index (χ0n) is 12.6. The highest BCUT2D eigenvalue weighted by molar-refractivity contribution is 6.29. The molecule has 5 nitrogen and oxygen atoms in total. The second-order valence-electron chi connectivity index (χ2n) is 5.36. The lowest BCUT2D eigenvalue weighted by molar-refractivity contribution is 0.170. The number of hydrogen-bond donors (Lipinski definition) is 0. The van der Waals surface area contributed by atoms with E-state index in [2.05, 4.69) is 26.8 Å². The molecular weight excluding hydrogens is 300 g/mol. The first-order valence-electron chi connectivity index (χ1n) is 7.58. The number of rotatable bonds is 4. The maximum absolute atomic E-state index is 5.96. The van der Waals surface area contributed by atoms with Crippen molar-refractivity contribution in [2.24, 2.45) is 0 Å². The van der Waals surface area contributed by atoms with Gasteiger partial charge in [-0.1, -0.05) is 18.5 Å². The number of anilines is 1. The summed E-state index contributed by atoms with van der Waals surface area (Å²) in [7, 11) is 0. The van der Waals surface area contributed by atoms with Crippen molar-refractivity contribution in [2.45, 2.75) is 32.3 Å². The van der Waals surface area contributed by atoms with Gasteiger partial charge in [0.25, 0.3) is 0 Å². The first-order valence-corrected chi connectivity index (χ1v) is 7.96. The standard InChI is InChI=1S/C16H19ClN4O/c1-2-12-10-19-16(20-11-12)21-7-4-13(5-8-21)22-14-3-6-18-15(17)9-14/h3,6,9-11,13H,2,4-5,7-8H2,1H3. The molecule has 1 aliphatic heterocycles. The highest BCUT2D eigenvalue weighted by Gasteiger charge is 2.22. The molecule has 3 rings (SSSR count). The lowest BCUT2D eigenvalue weighted by Crippen LogP contribution is -2.39. The van der Waals surface area contributed by atoms with Gasteiger partial charge in [-0.15, -0.1) is 0 Å². The average Bonchev–Trinajstić information content (AvgIpc) is 2.56. The monoisotopic (exact) mass is 318 g/mol. The molecule has 0 atom stereocenters. The van der Waals surface area contributed by atoms with Crippen molar-refractivity contribution in [3.05, 3.63) is 41.4 Å². The molecule has 0 saturated carbocycles. The van der Waals surface area contributed by atoms with Crippen LogP contribution in [0.3, 0.4) is 0 Å². The lowest BCUT2D eigenvalue weighted by atomic mass is 10.1. The van der Waals surface area contributed by atoms with E-state index in [-0.39, 0.29) is 6.10 Å². The van der Waals surface area contributed by atoms with Crippen LogP contribution in [0.25, 0.3) is 0 Å². The van der Waals surface area contributed by atoms with Crippen LogP contribution in [-0.2, 0) is 6.42 Å². The number of aromatic nitrogens is 3. The summed E-state index contributed by atoms with van der Waals surface area (Å²) in [4.78, 5) is 15.1. The molecule has 6 heteroatoms. The summed E-state index contributed by atoms with van der Waals surface area (Å²) in [5.41, 5.74) is 1.16. The molecule has 0 amide bonds. The average molecular weight is 319 g/mol. The molecule has 1 fully saturated rings. The Morgan fingerprint density at radius 3 is 2.59 bits per heavy atom. The molecule has 0 spiro atoms. The number of halogens is 1. The summed E-state index contributed by atoms with van der Waals surface area (Å²) in [6, 6.07) is 3.59. The molecule has 0 unspecified atom stereocenters. The topological polar surface area (TPSA) is 51.1 Å². The SMILES string of the molecule is CCc1cnc(N2CCC(Oc3ccnc(Cl)c3)CC2)nc1. The van der Waals surface area contributed by atoms with Crippen LogP contribution < -0.4 is 9.64 Å². The van der Waals surface area contributed by atoms with E-state index in [0.29, 0.717) is 5.15 Å². The Kier molecular flexibility index (Phi) is 4.73. The molecule has 0 aliphatic carbocycles. The van der Waals surface area contributed by atoms with Crippen LogP contribution in [0.2, 0.25) is 5.15 Å². The van der Waals surface area contributed by atoms with Crippen LogP contribution in [0.1, 0.15) is 25.3 Å². The van der Waals surface area contributed by atoms with Gasteiger partial charge >= 0.3 is 0 Å². The molecule has 116 valence electrons. The Morgan fingerprint density at radius 1 is 1.23 bits per heavy atom. The fraction of sp³-hybridized carbons (Fsp3) is 0.438. The third kappa shape index (κ3) is 3.65. The zero-order chi connectivity index (χ0) is 15.4. The normalized spacial score (nSPS) is 15.8. The molecule has 1 aliphatic rings. The summed E-state index contributed by atoms with van der Waals surface area (Å²) < 4.78 is 5.96. The zero-order valence-corrected chi connectivity index (χ0v) is 13.3. The molecule has 0 bridgehead atoms. The van der Waals surface area contributed by atoms with E-state index in [1.54, 1.807) is 12.3 Å². The smallest absolute Gasteiger partial charge is 0.225 e. The third-order valence-electron chi connectivity index (χ3n) is 3.83. The fourth-order valence-electron chi connectivity index (χ4n) is 2.52. The van der Waals surface area contributed by atoms with Gasteiger partial charge in [-0.2, -0.15) is 0 Å².